The summed E-state index contributed by atoms with van der Waals surface area (Å²) in [5.74, 6) is 2.96. The van der Waals surface area contributed by atoms with E-state index in [1.807, 2.05) is 0 Å². The largest absolute Gasteiger partial charge is 0.370 e. The summed E-state index contributed by atoms with van der Waals surface area (Å²) in [6.07, 6.45) is 9.31. The van der Waals surface area contributed by atoms with Crippen LogP contribution >= 0.6 is 0 Å². The van der Waals surface area contributed by atoms with Crippen molar-refractivity contribution in [1.82, 2.24) is 9.97 Å². The summed E-state index contributed by atoms with van der Waals surface area (Å²) in [6.45, 7) is 6.45. The molecule has 0 aromatic carbocycles. The van der Waals surface area contributed by atoms with Gasteiger partial charge in [-0.1, -0.05) is 26.7 Å². The zero-order chi connectivity index (χ0) is 14.4. The molecule has 0 unspecified atom stereocenters. The van der Waals surface area contributed by atoms with Crippen molar-refractivity contribution < 1.29 is 0 Å². The number of nitrogens with zero attached hydrogens (tertiary/aromatic N) is 3. The average molecular weight is 276 g/mol. The Morgan fingerprint density at radius 3 is 2.65 bits per heavy atom. The monoisotopic (exact) mass is 276 g/mol. The molecule has 1 aromatic rings. The zero-order valence-corrected chi connectivity index (χ0v) is 13.2. The third-order valence-corrected chi connectivity index (χ3v) is 4.19. The Labute approximate surface area is 123 Å². The topological polar surface area (TPSA) is 41.1 Å². The molecule has 1 aromatic heterocycles. The van der Waals surface area contributed by atoms with Crippen molar-refractivity contribution in [3.63, 3.8) is 0 Å². The summed E-state index contributed by atoms with van der Waals surface area (Å²) < 4.78 is 0. The van der Waals surface area contributed by atoms with Crippen LogP contribution in [0.4, 0.5) is 11.6 Å². The number of hydrogen-bond acceptors (Lipinski definition) is 4. The Bertz CT molecular complexity index is 413. The van der Waals surface area contributed by atoms with E-state index >= 15 is 0 Å². The van der Waals surface area contributed by atoms with Crippen LogP contribution in [-0.2, 0) is 6.42 Å². The fourth-order valence-corrected chi connectivity index (χ4v) is 3.12. The molecule has 0 bridgehead atoms. The molecule has 112 valence electrons. The van der Waals surface area contributed by atoms with Crippen LogP contribution in [0.3, 0.4) is 0 Å². The molecule has 0 amide bonds. The normalized spacial score (nSPS) is 15.6. The second-order valence-corrected chi connectivity index (χ2v) is 5.84. The highest BCUT2D eigenvalue weighted by molar-refractivity contribution is 5.58. The van der Waals surface area contributed by atoms with Gasteiger partial charge in [0.2, 0.25) is 0 Å². The van der Waals surface area contributed by atoms with Crippen molar-refractivity contribution in [2.24, 2.45) is 5.92 Å². The maximum Gasteiger partial charge on any atom is 0.137 e. The molecule has 1 saturated carbocycles. The van der Waals surface area contributed by atoms with Crippen molar-refractivity contribution >= 4 is 11.6 Å². The van der Waals surface area contributed by atoms with Gasteiger partial charge in [-0.25, -0.2) is 9.97 Å². The molecular formula is C16H28N4. The van der Waals surface area contributed by atoms with Crippen LogP contribution in [0.2, 0.25) is 0 Å². The molecular weight excluding hydrogens is 248 g/mol. The van der Waals surface area contributed by atoms with Crippen LogP contribution in [0.5, 0.6) is 0 Å². The molecule has 1 N–H and O–H groups in total. The van der Waals surface area contributed by atoms with E-state index in [-0.39, 0.29) is 0 Å². The standard InChI is InChI=1S/C16H28N4/c1-4-10-17-15-14(5-2)16(19-12-18-15)20(3)11-13-8-6-7-9-13/h12-13H,4-11H2,1-3H3,(H,17,18,19). The number of anilines is 2. The first kappa shape index (κ1) is 15.1. The van der Waals surface area contributed by atoms with Gasteiger partial charge in [0, 0.05) is 25.7 Å². The van der Waals surface area contributed by atoms with Gasteiger partial charge in [-0.05, 0) is 31.6 Å². The predicted molar refractivity (Wildman–Crippen MR) is 85.4 cm³/mol. The van der Waals surface area contributed by atoms with Crippen molar-refractivity contribution in [3.8, 4) is 0 Å². The molecule has 0 spiro atoms. The number of hydrogen-bond donors (Lipinski definition) is 1. The van der Waals surface area contributed by atoms with Gasteiger partial charge in [-0.3, -0.25) is 0 Å². The lowest BCUT2D eigenvalue weighted by atomic mass is 10.1. The fourth-order valence-electron chi connectivity index (χ4n) is 3.12. The maximum absolute atomic E-state index is 4.54. The summed E-state index contributed by atoms with van der Waals surface area (Å²) in [5, 5.41) is 3.42. The van der Waals surface area contributed by atoms with Gasteiger partial charge in [0.25, 0.3) is 0 Å². The van der Waals surface area contributed by atoms with Gasteiger partial charge in [-0.15, -0.1) is 0 Å². The van der Waals surface area contributed by atoms with Crippen molar-refractivity contribution in [2.45, 2.75) is 52.4 Å². The lowest BCUT2D eigenvalue weighted by Gasteiger charge is -2.25. The maximum atomic E-state index is 4.54. The quantitative estimate of drug-likeness (QED) is 0.827. The van der Waals surface area contributed by atoms with Crippen molar-refractivity contribution in [3.05, 3.63) is 11.9 Å². The summed E-state index contributed by atoms with van der Waals surface area (Å²) in [4.78, 5) is 11.3. The Kier molecular flexibility index (Phi) is 5.62. The van der Waals surface area contributed by atoms with E-state index in [0.29, 0.717) is 0 Å². The zero-order valence-electron chi connectivity index (χ0n) is 13.2. The smallest absolute Gasteiger partial charge is 0.137 e. The molecule has 0 saturated heterocycles. The van der Waals surface area contributed by atoms with Crippen molar-refractivity contribution in [1.29, 1.82) is 0 Å². The number of rotatable bonds is 7. The Balaban J connectivity index is 2.12. The van der Waals surface area contributed by atoms with Crippen molar-refractivity contribution in [2.75, 3.05) is 30.4 Å². The highest BCUT2D eigenvalue weighted by Crippen LogP contribution is 2.29. The SMILES string of the molecule is CCCNc1ncnc(N(C)CC2CCCC2)c1CC. The molecule has 1 aliphatic carbocycles. The summed E-state index contributed by atoms with van der Waals surface area (Å²) in [7, 11) is 2.17. The minimum atomic E-state index is 0.840. The molecule has 0 aliphatic heterocycles. The minimum absolute atomic E-state index is 0.840. The van der Waals surface area contributed by atoms with Gasteiger partial charge < -0.3 is 10.2 Å². The molecule has 1 fully saturated rings. The van der Waals surface area contributed by atoms with E-state index in [1.165, 1.54) is 31.2 Å². The van der Waals surface area contributed by atoms with E-state index in [2.05, 4.69) is 41.1 Å². The lowest BCUT2D eigenvalue weighted by Crippen LogP contribution is -2.26. The minimum Gasteiger partial charge on any atom is -0.370 e. The third-order valence-electron chi connectivity index (χ3n) is 4.19. The van der Waals surface area contributed by atoms with Crippen LogP contribution in [-0.4, -0.2) is 30.1 Å². The summed E-state index contributed by atoms with van der Waals surface area (Å²) in [5.41, 5.74) is 1.25. The Morgan fingerprint density at radius 2 is 2.00 bits per heavy atom. The predicted octanol–water partition coefficient (Wildman–Crippen LogP) is 3.49. The van der Waals surface area contributed by atoms with Crippen LogP contribution < -0.4 is 10.2 Å². The number of nitrogens with one attached hydrogen (secondary N) is 1. The highest BCUT2D eigenvalue weighted by atomic mass is 15.2. The highest BCUT2D eigenvalue weighted by Gasteiger charge is 2.20. The third kappa shape index (κ3) is 3.62. The second-order valence-electron chi connectivity index (χ2n) is 5.84. The van der Waals surface area contributed by atoms with Gasteiger partial charge in [0.15, 0.2) is 0 Å². The van der Waals surface area contributed by atoms with E-state index in [0.717, 1.165) is 43.5 Å². The van der Waals surface area contributed by atoms with E-state index in [1.54, 1.807) is 6.33 Å². The molecule has 2 rings (SSSR count). The van der Waals surface area contributed by atoms with E-state index in [4.69, 9.17) is 0 Å². The van der Waals surface area contributed by atoms with E-state index < -0.39 is 0 Å². The summed E-state index contributed by atoms with van der Waals surface area (Å²) >= 11 is 0. The molecule has 0 radical (unpaired) electrons. The van der Waals surface area contributed by atoms with E-state index in [9.17, 15) is 0 Å². The van der Waals surface area contributed by atoms with Crippen LogP contribution in [0.15, 0.2) is 6.33 Å². The van der Waals surface area contributed by atoms with Gasteiger partial charge >= 0.3 is 0 Å². The number of aromatic nitrogens is 2. The summed E-state index contributed by atoms with van der Waals surface area (Å²) in [6, 6.07) is 0. The first-order valence-corrected chi connectivity index (χ1v) is 8.05. The lowest BCUT2D eigenvalue weighted by molar-refractivity contribution is 0.544. The first-order valence-electron chi connectivity index (χ1n) is 8.05. The second kappa shape index (κ2) is 7.46. The molecule has 4 nitrogen and oxygen atoms in total. The Morgan fingerprint density at radius 1 is 1.25 bits per heavy atom. The van der Waals surface area contributed by atoms with Gasteiger partial charge in [0.05, 0.1) is 0 Å². The van der Waals surface area contributed by atoms with Crippen LogP contribution in [0.1, 0.15) is 51.5 Å². The Hall–Kier alpha value is -1.32. The first-order chi connectivity index (χ1) is 9.76. The van der Waals surface area contributed by atoms with Crippen LogP contribution in [0.25, 0.3) is 0 Å². The molecule has 1 heterocycles. The molecule has 1 aliphatic rings. The average Bonchev–Trinajstić information content (AvgIpc) is 2.97. The van der Waals surface area contributed by atoms with Gasteiger partial charge in [0.1, 0.15) is 18.0 Å². The molecule has 20 heavy (non-hydrogen) atoms. The fraction of sp³-hybridized carbons (Fsp3) is 0.750. The molecule has 0 atom stereocenters. The van der Waals surface area contributed by atoms with Crippen LogP contribution in [0, 0.1) is 5.92 Å². The molecule has 4 heteroatoms. The van der Waals surface area contributed by atoms with Gasteiger partial charge in [-0.2, -0.15) is 0 Å².